The summed E-state index contributed by atoms with van der Waals surface area (Å²) in [6.07, 6.45) is -0.443. The second-order valence-corrected chi connectivity index (χ2v) is 4.49. The van der Waals surface area contributed by atoms with Crippen molar-refractivity contribution < 1.29 is 9.84 Å². The summed E-state index contributed by atoms with van der Waals surface area (Å²) in [6, 6.07) is 5.53. The Kier molecular flexibility index (Phi) is 3.66. The number of hydrogen-bond acceptors (Lipinski definition) is 3. The number of aromatic nitrogens is 2. The van der Waals surface area contributed by atoms with Crippen molar-refractivity contribution in [3.05, 3.63) is 29.0 Å². The van der Waals surface area contributed by atoms with Crippen molar-refractivity contribution >= 4 is 22.6 Å². The van der Waals surface area contributed by atoms with Gasteiger partial charge in [-0.15, -0.1) is 0 Å². The Balaban J connectivity index is 2.55. The van der Waals surface area contributed by atoms with Crippen molar-refractivity contribution in [1.29, 1.82) is 0 Å². The maximum Gasteiger partial charge on any atom is 0.136 e. The molecule has 0 bridgehead atoms. The second kappa shape index (κ2) is 5.04. The number of rotatable bonds is 4. The quantitative estimate of drug-likeness (QED) is 0.910. The van der Waals surface area contributed by atoms with Crippen molar-refractivity contribution in [2.24, 2.45) is 0 Å². The molecule has 0 saturated heterocycles. The normalized spacial score (nSPS) is 13.2. The molecule has 1 aromatic carbocycles. The first-order valence-electron chi connectivity index (χ1n) is 5.43. The molecule has 1 unspecified atom stereocenters. The fourth-order valence-electron chi connectivity index (χ4n) is 1.85. The van der Waals surface area contributed by atoms with Crippen LogP contribution in [0.15, 0.2) is 18.2 Å². The third-order valence-corrected chi connectivity index (χ3v) is 2.74. The molecule has 0 fully saturated rings. The Morgan fingerprint density at radius 3 is 2.94 bits per heavy atom. The average Bonchev–Trinajstić information content (AvgIpc) is 2.57. The Bertz CT molecular complexity index is 522. The van der Waals surface area contributed by atoms with Gasteiger partial charge in [-0.3, -0.25) is 0 Å². The molecular weight excluding hydrogens is 240 g/mol. The highest BCUT2D eigenvalue weighted by Crippen LogP contribution is 2.21. The molecule has 4 nitrogen and oxygen atoms in total. The van der Waals surface area contributed by atoms with Gasteiger partial charge < -0.3 is 14.4 Å². The molecule has 0 aliphatic carbocycles. The van der Waals surface area contributed by atoms with Gasteiger partial charge in [0, 0.05) is 12.1 Å². The summed E-state index contributed by atoms with van der Waals surface area (Å²) < 4.78 is 7.05. The molecule has 0 spiro atoms. The first-order valence-corrected chi connectivity index (χ1v) is 5.81. The second-order valence-electron chi connectivity index (χ2n) is 4.05. The van der Waals surface area contributed by atoms with E-state index in [0.29, 0.717) is 18.2 Å². The van der Waals surface area contributed by atoms with Crippen molar-refractivity contribution in [1.82, 2.24) is 9.55 Å². The summed E-state index contributed by atoms with van der Waals surface area (Å²) in [7, 11) is 1.62. The number of imidazole rings is 1. The zero-order valence-corrected chi connectivity index (χ0v) is 10.6. The van der Waals surface area contributed by atoms with Crippen LogP contribution in [0.5, 0.6) is 0 Å². The molecule has 0 radical (unpaired) electrons. The number of ether oxygens (including phenoxy) is 1. The zero-order valence-electron chi connectivity index (χ0n) is 9.85. The smallest absolute Gasteiger partial charge is 0.136 e. The van der Waals surface area contributed by atoms with E-state index < -0.39 is 6.10 Å². The summed E-state index contributed by atoms with van der Waals surface area (Å²) in [5.41, 5.74) is 1.78. The van der Waals surface area contributed by atoms with E-state index in [1.807, 2.05) is 16.7 Å². The predicted octanol–water partition coefficient (Wildman–Crippen LogP) is 2.22. The zero-order chi connectivity index (χ0) is 12.4. The van der Waals surface area contributed by atoms with Crippen LogP contribution in [-0.4, -0.2) is 27.9 Å². The van der Waals surface area contributed by atoms with Crippen LogP contribution in [0.4, 0.5) is 0 Å². The summed E-state index contributed by atoms with van der Waals surface area (Å²) in [6.45, 7) is 2.64. The highest BCUT2D eigenvalue weighted by atomic mass is 35.5. The number of aliphatic hydroxyl groups is 1. The van der Waals surface area contributed by atoms with Crippen LogP contribution < -0.4 is 0 Å². The number of aliphatic hydroxyl groups excluding tert-OH is 1. The van der Waals surface area contributed by atoms with Crippen molar-refractivity contribution in [3.63, 3.8) is 0 Å². The van der Waals surface area contributed by atoms with E-state index in [1.165, 1.54) is 0 Å². The minimum Gasteiger partial charge on any atom is -0.392 e. The van der Waals surface area contributed by atoms with Crippen LogP contribution in [0.2, 0.25) is 5.02 Å². The Morgan fingerprint density at radius 1 is 1.53 bits per heavy atom. The van der Waals surface area contributed by atoms with E-state index in [0.717, 1.165) is 16.9 Å². The Hall–Kier alpha value is -1.10. The van der Waals surface area contributed by atoms with Gasteiger partial charge in [0.1, 0.15) is 12.4 Å². The van der Waals surface area contributed by atoms with Gasteiger partial charge in [0.25, 0.3) is 0 Å². The Labute approximate surface area is 105 Å². The van der Waals surface area contributed by atoms with Gasteiger partial charge >= 0.3 is 0 Å². The monoisotopic (exact) mass is 254 g/mol. The average molecular weight is 255 g/mol. The number of nitrogens with zero attached hydrogens (tertiary/aromatic N) is 2. The summed E-state index contributed by atoms with van der Waals surface area (Å²) in [5, 5.41) is 10.2. The molecule has 92 valence electrons. The van der Waals surface area contributed by atoms with E-state index >= 15 is 0 Å². The lowest BCUT2D eigenvalue weighted by Gasteiger charge is -2.10. The molecule has 17 heavy (non-hydrogen) atoms. The van der Waals surface area contributed by atoms with Gasteiger partial charge in [-0.2, -0.15) is 0 Å². The first-order chi connectivity index (χ1) is 8.11. The molecule has 0 saturated carbocycles. The van der Waals surface area contributed by atoms with Gasteiger partial charge in [-0.1, -0.05) is 11.6 Å². The van der Waals surface area contributed by atoms with Crippen LogP contribution in [-0.2, 0) is 17.9 Å². The van der Waals surface area contributed by atoms with Crippen LogP contribution in [0.25, 0.3) is 11.0 Å². The summed E-state index contributed by atoms with van der Waals surface area (Å²) in [4.78, 5) is 4.46. The van der Waals surface area contributed by atoms with E-state index in [-0.39, 0.29) is 0 Å². The first kappa shape index (κ1) is 12.4. The minimum atomic E-state index is -0.443. The molecule has 1 atom stereocenters. The van der Waals surface area contributed by atoms with E-state index in [9.17, 15) is 5.11 Å². The summed E-state index contributed by atoms with van der Waals surface area (Å²) >= 11 is 5.98. The molecule has 2 rings (SSSR count). The number of halogens is 1. The van der Waals surface area contributed by atoms with E-state index in [4.69, 9.17) is 16.3 Å². The topological polar surface area (TPSA) is 47.3 Å². The molecule has 2 aromatic rings. The molecule has 0 aliphatic heterocycles. The van der Waals surface area contributed by atoms with Crippen LogP contribution >= 0.6 is 11.6 Å². The lowest BCUT2D eigenvalue weighted by molar-refractivity contribution is 0.155. The number of benzene rings is 1. The molecule has 5 heteroatoms. The molecule has 1 aromatic heterocycles. The molecule has 1 N–H and O–H groups in total. The van der Waals surface area contributed by atoms with Gasteiger partial charge in [-0.05, 0) is 25.1 Å². The van der Waals surface area contributed by atoms with Crippen LogP contribution in [0.1, 0.15) is 12.7 Å². The minimum absolute atomic E-state index is 0.416. The third-order valence-electron chi connectivity index (χ3n) is 2.51. The molecule has 0 aliphatic rings. The summed E-state index contributed by atoms with van der Waals surface area (Å²) in [5.74, 6) is 0.797. The highest BCUT2D eigenvalue weighted by Gasteiger charge is 2.12. The molecule has 1 heterocycles. The fraction of sp³-hybridized carbons (Fsp3) is 0.417. The highest BCUT2D eigenvalue weighted by molar-refractivity contribution is 6.31. The fourth-order valence-corrected chi connectivity index (χ4v) is 2.02. The number of hydrogen-bond donors (Lipinski definition) is 1. The van der Waals surface area contributed by atoms with Gasteiger partial charge in [0.2, 0.25) is 0 Å². The standard InChI is InChI=1S/C12H15ClN2O2/c1-8(16)6-15-11-5-9(13)3-4-10(11)14-12(15)7-17-2/h3-5,8,16H,6-7H2,1-2H3. The molecular formula is C12H15ClN2O2. The number of fused-ring (bicyclic) bond motifs is 1. The van der Waals surface area contributed by atoms with Crippen LogP contribution in [0.3, 0.4) is 0 Å². The lowest BCUT2D eigenvalue weighted by atomic mass is 10.3. The van der Waals surface area contributed by atoms with Gasteiger partial charge in [0.15, 0.2) is 0 Å². The van der Waals surface area contributed by atoms with E-state index in [2.05, 4.69) is 4.98 Å². The Morgan fingerprint density at radius 2 is 2.29 bits per heavy atom. The SMILES string of the molecule is COCc1nc2ccc(Cl)cc2n1CC(C)O. The third kappa shape index (κ3) is 2.60. The molecule has 0 amide bonds. The maximum atomic E-state index is 9.52. The van der Waals surface area contributed by atoms with Gasteiger partial charge in [-0.25, -0.2) is 4.98 Å². The van der Waals surface area contributed by atoms with Crippen molar-refractivity contribution in [2.75, 3.05) is 7.11 Å². The number of methoxy groups -OCH3 is 1. The van der Waals surface area contributed by atoms with Gasteiger partial charge in [0.05, 0.1) is 23.7 Å². The predicted molar refractivity (Wildman–Crippen MR) is 67.1 cm³/mol. The van der Waals surface area contributed by atoms with E-state index in [1.54, 1.807) is 20.1 Å². The largest absolute Gasteiger partial charge is 0.392 e. The van der Waals surface area contributed by atoms with Crippen LogP contribution in [0, 0.1) is 0 Å². The lowest BCUT2D eigenvalue weighted by Crippen LogP contribution is -2.14. The maximum absolute atomic E-state index is 9.52. The van der Waals surface area contributed by atoms with Crippen molar-refractivity contribution in [3.8, 4) is 0 Å². The van der Waals surface area contributed by atoms with Crippen molar-refractivity contribution in [2.45, 2.75) is 26.2 Å².